The molecule has 5 heteroatoms. The van der Waals surface area contributed by atoms with Crippen molar-refractivity contribution in [2.24, 2.45) is 0 Å². The molecule has 0 unspecified atom stereocenters. The van der Waals surface area contributed by atoms with Crippen molar-refractivity contribution in [3.05, 3.63) is 23.9 Å². The normalized spacial score (nSPS) is 26.8. The van der Waals surface area contributed by atoms with Crippen LogP contribution in [0.15, 0.2) is 18.3 Å². The lowest BCUT2D eigenvalue weighted by atomic mass is 9.84. The average molecular weight is 332 g/mol. The number of nitrogens with zero attached hydrogens (tertiary/aromatic N) is 3. The first-order valence-electron chi connectivity index (χ1n) is 8.85. The lowest BCUT2D eigenvalue weighted by Crippen LogP contribution is -2.40. The number of fused-ring (bicyclic) bond motifs is 2. The van der Waals surface area contributed by atoms with Crippen molar-refractivity contribution in [2.75, 3.05) is 21.1 Å². The number of carbonyl (C=O) groups excluding carboxylic acids is 1. The van der Waals surface area contributed by atoms with Crippen LogP contribution in [0, 0.1) is 0 Å². The Kier molecular flexibility index (Phi) is 4.11. The SMILES string of the molecule is CC(C)(C)OC(=O)N1[C@H]2CC[C@@H]1[C@@H](c1ccc([N+](C)(C)C)nc1)C2. The van der Waals surface area contributed by atoms with Crippen molar-refractivity contribution in [3.63, 3.8) is 0 Å². The summed E-state index contributed by atoms with van der Waals surface area (Å²) in [6, 6.07) is 4.86. The number of ether oxygens (including phenoxy) is 1. The summed E-state index contributed by atoms with van der Waals surface area (Å²) in [4.78, 5) is 19.2. The Morgan fingerprint density at radius 1 is 1.25 bits per heavy atom. The summed E-state index contributed by atoms with van der Waals surface area (Å²) in [6.45, 7) is 5.77. The largest absolute Gasteiger partial charge is 0.444 e. The molecule has 0 aliphatic carbocycles. The van der Waals surface area contributed by atoms with Gasteiger partial charge < -0.3 is 9.64 Å². The van der Waals surface area contributed by atoms with E-state index < -0.39 is 5.60 Å². The van der Waals surface area contributed by atoms with E-state index in [1.807, 2.05) is 31.9 Å². The quantitative estimate of drug-likeness (QED) is 0.778. The van der Waals surface area contributed by atoms with Crippen LogP contribution < -0.4 is 4.48 Å². The molecule has 2 bridgehead atoms. The van der Waals surface area contributed by atoms with E-state index in [4.69, 9.17) is 4.74 Å². The van der Waals surface area contributed by atoms with Gasteiger partial charge in [0.1, 0.15) is 5.60 Å². The molecular formula is C19H30N3O2+. The van der Waals surface area contributed by atoms with E-state index in [0.29, 0.717) is 16.4 Å². The van der Waals surface area contributed by atoms with E-state index in [1.165, 1.54) is 5.56 Å². The summed E-state index contributed by atoms with van der Waals surface area (Å²) in [6.07, 6.45) is 5.01. The highest BCUT2D eigenvalue weighted by molar-refractivity contribution is 5.70. The molecule has 1 amide bonds. The van der Waals surface area contributed by atoms with Gasteiger partial charge in [0.2, 0.25) is 5.82 Å². The Bertz CT molecular complexity index is 613. The lowest BCUT2D eigenvalue weighted by Gasteiger charge is -2.28. The molecule has 0 spiro atoms. The van der Waals surface area contributed by atoms with Gasteiger partial charge in [-0.2, -0.15) is 0 Å². The minimum absolute atomic E-state index is 0.159. The van der Waals surface area contributed by atoms with E-state index in [9.17, 15) is 4.79 Å². The van der Waals surface area contributed by atoms with E-state index >= 15 is 0 Å². The van der Waals surface area contributed by atoms with E-state index in [1.54, 1.807) is 0 Å². The van der Waals surface area contributed by atoms with Gasteiger partial charge in [-0.05, 0) is 51.7 Å². The molecule has 5 nitrogen and oxygen atoms in total. The van der Waals surface area contributed by atoms with E-state index in [-0.39, 0.29) is 12.1 Å². The topological polar surface area (TPSA) is 42.4 Å². The third-order valence-corrected chi connectivity index (χ3v) is 5.03. The maximum atomic E-state index is 12.6. The first-order valence-corrected chi connectivity index (χ1v) is 8.85. The first-order chi connectivity index (χ1) is 11.1. The fourth-order valence-electron chi connectivity index (χ4n) is 3.96. The van der Waals surface area contributed by atoms with Gasteiger partial charge in [-0.15, -0.1) is 0 Å². The zero-order valence-corrected chi connectivity index (χ0v) is 15.7. The molecule has 0 N–H and O–H groups in total. The fraction of sp³-hybridized carbons (Fsp3) is 0.684. The molecule has 132 valence electrons. The molecule has 24 heavy (non-hydrogen) atoms. The lowest BCUT2D eigenvalue weighted by molar-refractivity contribution is 0.0213. The predicted molar refractivity (Wildman–Crippen MR) is 96.0 cm³/mol. The molecule has 3 rings (SSSR count). The second kappa shape index (κ2) is 5.73. The predicted octanol–water partition coefficient (Wildman–Crippen LogP) is 3.53. The highest BCUT2D eigenvalue weighted by Gasteiger charge is 2.50. The van der Waals surface area contributed by atoms with Crippen molar-refractivity contribution in [1.29, 1.82) is 0 Å². The number of hydrogen-bond donors (Lipinski definition) is 0. The summed E-state index contributed by atoms with van der Waals surface area (Å²) in [5, 5.41) is 0. The molecule has 3 heterocycles. The molecular weight excluding hydrogens is 302 g/mol. The second-order valence-electron chi connectivity index (χ2n) is 8.99. The van der Waals surface area contributed by atoms with Crippen LogP contribution in [0.5, 0.6) is 0 Å². The molecule has 3 atom stereocenters. The van der Waals surface area contributed by atoms with E-state index in [0.717, 1.165) is 25.1 Å². The van der Waals surface area contributed by atoms with Crippen LogP contribution in [0.3, 0.4) is 0 Å². The smallest absolute Gasteiger partial charge is 0.410 e. The number of pyridine rings is 1. The second-order valence-corrected chi connectivity index (χ2v) is 8.99. The summed E-state index contributed by atoms with van der Waals surface area (Å²) in [7, 11) is 6.34. The van der Waals surface area contributed by atoms with Crippen LogP contribution >= 0.6 is 0 Å². The monoisotopic (exact) mass is 332 g/mol. The van der Waals surface area contributed by atoms with Crippen molar-refractivity contribution in [2.45, 2.75) is 63.6 Å². The summed E-state index contributed by atoms with van der Waals surface area (Å²) in [5.74, 6) is 1.43. The molecule has 1 aromatic rings. The standard InChI is InChI=1S/C19H30N3O2/c1-19(2,3)24-18(23)21-14-8-9-16(21)15(11-14)13-7-10-17(20-12-13)22(4,5)6/h7,10,12,14-16H,8-9,11H2,1-6H3/q+1/t14-,15+,16+/m0/s1. The molecule has 0 radical (unpaired) electrons. The molecule has 2 aliphatic heterocycles. The highest BCUT2D eigenvalue weighted by Crippen LogP contribution is 2.47. The van der Waals surface area contributed by atoms with Gasteiger partial charge in [-0.25, -0.2) is 9.78 Å². The minimum atomic E-state index is -0.442. The Balaban J connectivity index is 1.77. The van der Waals surface area contributed by atoms with Crippen LogP contribution in [0.25, 0.3) is 0 Å². The summed E-state index contributed by atoms with van der Waals surface area (Å²) >= 11 is 0. The zero-order chi connectivity index (χ0) is 17.7. The Morgan fingerprint density at radius 3 is 2.50 bits per heavy atom. The third-order valence-electron chi connectivity index (χ3n) is 5.03. The molecule has 2 fully saturated rings. The third kappa shape index (κ3) is 3.27. The molecule has 0 aromatic carbocycles. The summed E-state index contributed by atoms with van der Waals surface area (Å²) < 4.78 is 6.33. The number of hydrogen-bond acceptors (Lipinski definition) is 3. The van der Waals surface area contributed by atoms with E-state index in [2.05, 4.69) is 38.3 Å². The number of rotatable bonds is 2. The number of aromatic nitrogens is 1. The average Bonchev–Trinajstić information content (AvgIpc) is 3.02. The zero-order valence-electron chi connectivity index (χ0n) is 15.7. The van der Waals surface area contributed by atoms with Crippen molar-refractivity contribution >= 4 is 11.9 Å². The van der Waals surface area contributed by atoms with Gasteiger partial charge in [0.15, 0.2) is 0 Å². The molecule has 2 saturated heterocycles. The Labute approximate surface area is 145 Å². The number of carbonyl (C=O) groups is 1. The number of amides is 1. The highest BCUT2D eigenvalue weighted by atomic mass is 16.6. The molecule has 2 aliphatic rings. The van der Waals surface area contributed by atoms with Gasteiger partial charge in [0.05, 0.1) is 21.1 Å². The number of quaternary nitrogens is 1. The Hall–Kier alpha value is -1.62. The first kappa shape index (κ1) is 17.2. The maximum Gasteiger partial charge on any atom is 0.410 e. The van der Waals surface area contributed by atoms with Crippen molar-refractivity contribution < 1.29 is 9.53 Å². The van der Waals surface area contributed by atoms with Crippen LogP contribution in [0.1, 0.15) is 51.5 Å². The van der Waals surface area contributed by atoms with Crippen LogP contribution in [-0.2, 0) is 4.74 Å². The minimum Gasteiger partial charge on any atom is -0.444 e. The van der Waals surface area contributed by atoms with Gasteiger partial charge in [-0.3, -0.25) is 4.48 Å². The van der Waals surface area contributed by atoms with Crippen molar-refractivity contribution in [1.82, 2.24) is 14.4 Å². The fourth-order valence-corrected chi connectivity index (χ4v) is 3.96. The summed E-state index contributed by atoms with van der Waals surface area (Å²) in [5.41, 5.74) is 0.801. The van der Waals surface area contributed by atoms with Crippen LogP contribution in [-0.4, -0.2) is 54.8 Å². The maximum absolute atomic E-state index is 12.6. The van der Waals surface area contributed by atoms with Gasteiger partial charge in [0, 0.05) is 30.3 Å². The van der Waals surface area contributed by atoms with Crippen molar-refractivity contribution in [3.8, 4) is 0 Å². The van der Waals surface area contributed by atoms with Gasteiger partial charge in [-0.1, -0.05) is 0 Å². The van der Waals surface area contributed by atoms with Crippen LogP contribution in [0.4, 0.5) is 10.6 Å². The van der Waals surface area contributed by atoms with Gasteiger partial charge in [0.25, 0.3) is 0 Å². The molecule has 1 aromatic heterocycles. The molecule has 0 saturated carbocycles. The van der Waals surface area contributed by atoms with Crippen LogP contribution in [0.2, 0.25) is 0 Å². The Morgan fingerprint density at radius 2 is 1.96 bits per heavy atom. The van der Waals surface area contributed by atoms with Gasteiger partial charge >= 0.3 is 6.09 Å².